The summed E-state index contributed by atoms with van der Waals surface area (Å²) in [6, 6.07) is 3.65. The van der Waals surface area contributed by atoms with Crippen LogP contribution in [0.4, 0.5) is 0 Å². The Bertz CT molecular complexity index is 812. The highest BCUT2D eigenvalue weighted by Crippen LogP contribution is 2.26. The van der Waals surface area contributed by atoms with Crippen LogP contribution in [0.15, 0.2) is 24.5 Å². The average molecular weight is 370 g/mol. The number of Topliss-reactive ketones (excluding diaryl/α,β-unsaturated/α-hetero) is 1. The van der Waals surface area contributed by atoms with Crippen molar-refractivity contribution in [3.05, 3.63) is 41.3 Å². The van der Waals surface area contributed by atoms with Crippen molar-refractivity contribution in [3.8, 4) is 11.6 Å². The first kappa shape index (κ1) is 19.5. The zero-order chi connectivity index (χ0) is 19.4. The fraction of sp³-hybridized carbons (Fsp3) is 0.421. The van der Waals surface area contributed by atoms with Gasteiger partial charge in [-0.3, -0.25) is 4.79 Å². The van der Waals surface area contributed by atoms with E-state index in [1.54, 1.807) is 6.07 Å². The second-order valence-corrected chi connectivity index (χ2v) is 6.73. The molecule has 1 aromatic heterocycles. The van der Waals surface area contributed by atoms with E-state index in [1.807, 2.05) is 19.9 Å². The Balaban J connectivity index is 1.70. The van der Waals surface area contributed by atoms with Gasteiger partial charge in [-0.15, -0.1) is 0 Å². The Kier molecular flexibility index (Phi) is 6.21. The molecule has 0 bridgehead atoms. The molecule has 2 heterocycles. The van der Waals surface area contributed by atoms with Crippen molar-refractivity contribution in [2.45, 2.75) is 39.7 Å². The van der Waals surface area contributed by atoms with Crippen LogP contribution in [0.5, 0.6) is 11.6 Å². The molecule has 0 aliphatic carbocycles. The van der Waals surface area contributed by atoms with Crippen LogP contribution in [0.3, 0.4) is 0 Å². The third kappa shape index (κ3) is 4.35. The number of aromatic nitrogens is 2. The monoisotopic (exact) mass is 370 g/mol. The molecule has 7 nitrogen and oxygen atoms in total. The van der Waals surface area contributed by atoms with E-state index in [2.05, 4.69) is 9.97 Å². The van der Waals surface area contributed by atoms with Crippen molar-refractivity contribution in [3.63, 3.8) is 0 Å². The van der Waals surface area contributed by atoms with E-state index in [4.69, 9.17) is 9.39 Å². The molecular weight excluding hydrogens is 347 g/mol. The number of aliphatic hydroxyl groups is 1. The molecule has 1 atom stereocenters. The Labute approximate surface area is 158 Å². The van der Waals surface area contributed by atoms with Crippen molar-refractivity contribution in [2.24, 2.45) is 5.92 Å². The number of nitrogens with zero attached hydrogens (tertiary/aromatic N) is 2. The smallest absolute Gasteiger partial charge is 0.437 e. The van der Waals surface area contributed by atoms with Crippen LogP contribution in [0.25, 0.3) is 0 Å². The summed E-state index contributed by atoms with van der Waals surface area (Å²) in [5.41, 5.74) is 2.69. The summed E-state index contributed by atoms with van der Waals surface area (Å²) in [6.45, 7) is 4.23. The highest BCUT2D eigenvalue weighted by Gasteiger charge is 2.30. The van der Waals surface area contributed by atoms with Gasteiger partial charge in [0.1, 0.15) is 11.4 Å². The van der Waals surface area contributed by atoms with Gasteiger partial charge in [-0.05, 0) is 41.9 Å². The van der Waals surface area contributed by atoms with Gasteiger partial charge < -0.3 is 19.5 Å². The zero-order valence-corrected chi connectivity index (χ0v) is 15.5. The molecule has 2 N–H and O–H groups in total. The van der Waals surface area contributed by atoms with Crippen molar-refractivity contribution in [1.82, 2.24) is 9.97 Å². The van der Waals surface area contributed by atoms with Gasteiger partial charge in [-0.25, -0.2) is 9.97 Å². The lowest BCUT2D eigenvalue weighted by Crippen LogP contribution is -2.30. The number of hydrogen-bond acceptors (Lipinski definition) is 7. The van der Waals surface area contributed by atoms with E-state index >= 15 is 0 Å². The van der Waals surface area contributed by atoms with Crippen LogP contribution in [0.1, 0.15) is 47.8 Å². The van der Waals surface area contributed by atoms with Crippen LogP contribution >= 0.6 is 0 Å². The number of rotatable bonds is 8. The normalized spacial score (nSPS) is 14.1. The predicted octanol–water partition coefficient (Wildman–Crippen LogP) is 1.78. The summed E-state index contributed by atoms with van der Waals surface area (Å²) in [7, 11) is -0.947. The summed E-state index contributed by atoms with van der Waals surface area (Å²) in [4.78, 5) is 20.6. The molecular formula is C19H23BN2O5. The minimum absolute atomic E-state index is 0.0125. The lowest BCUT2D eigenvalue weighted by molar-refractivity contribution is 0.0925. The maximum Gasteiger partial charge on any atom is 0.492 e. The molecule has 1 aliphatic heterocycles. The Morgan fingerprint density at radius 2 is 2.19 bits per heavy atom. The molecule has 0 spiro atoms. The first-order valence-electron chi connectivity index (χ1n) is 9.09. The molecule has 1 aliphatic rings. The first-order chi connectivity index (χ1) is 13.0. The standard InChI is InChI=1S/C19H23BN2O5/c1-3-4-13(10-23)7-16(24)15-8-22-18(9-21-15)27-17-6-5-14-11-26-20(25)19(14)12(17)2/h5-6,8-9,13,23,25H,3-4,7,10-11H2,1-2H3/t13-/m1/s1. The molecule has 0 unspecified atom stereocenters. The van der Waals surface area contributed by atoms with Gasteiger partial charge in [0.2, 0.25) is 5.88 Å². The van der Waals surface area contributed by atoms with Crippen LogP contribution in [-0.4, -0.2) is 39.6 Å². The second kappa shape index (κ2) is 8.60. The van der Waals surface area contributed by atoms with E-state index in [0.717, 1.165) is 29.4 Å². The van der Waals surface area contributed by atoms with Crippen molar-refractivity contribution >= 4 is 18.4 Å². The molecule has 0 fully saturated rings. The lowest BCUT2D eigenvalue weighted by atomic mass is 9.76. The van der Waals surface area contributed by atoms with Gasteiger partial charge in [0.25, 0.3) is 0 Å². The Morgan fingerprint density at radius 3 is 2.85 bits per heavy atom. The number of aliphatic hydroxyl groups excluding tert-OH is 1. The molecule has 142 valence electrons. The topological polar surface area (TPSA) is 102 Å². The molecule has 8 heteroatoms. The highest BCUT2D eigenvalue weighted by atomic mass is 16.5. The summed E-state index contributed by atoms with van der Waals surface area (Å²) in [5.74, 6) is 0.615. The van der Waals surface area contributed by atoms with Crippen molar-refractivity contribution in [2.75, 3.05) is 6.61 Å². The fourth-order valence-electron chi connectivity index (χ4n) is 3.26. The molecule has 2 aromatic rings. The number of carbonyl (C=O) groups excluding carboxylic acids is 1. The Morgan fingerprint density at radius 1 is 1.37 bits per heavy atom. The molecule has 27 heavy (non-hydrogen) atoms. The van der Waals surface area contributed by atoms with E-state index < -0.39 is 7.12 Å². The predicted molar refractivity (Wildman–Crippen MR) is 100 cm³/mol. The molecule has 0 radical (unpaired) electrons. The number of carbonyl (C=O) groups is 1. The number of ether oxygens (including phenoxy) is 1. The molecule has 0 saturated heterocycles. The van der Waals surface area contributed by atoms with Gasteiger partial charge in [-0.2, -0.15) is 0 Å². The van der Waals surface area contributed by atoms with Crippen LogP contribution in [0.2, 0.25) is 0 Å². The van der Waals surface area contributed by atoms with Crippen LogP contribution in [0, 0.1) is 12.8 Å². The largest absolute Gasteiger partial charge is 0.492 e. The number of benzene rings is 1. The summed E-state index contributed by atoms with van der Waals surface area (Å²) in [6.07, 6.45) is 4.75. The van der Waals surface area contributed by atoms with Gasteiger partial charge in [0.05, 0.1) is 19.0 Å². The highest BCUT2D eigenvalue weighted by molar-refractivity contribution is 6.62. The number of hydrogen-bond donors (Lipinski definition) is 2. The summed E-state index contributed by atoms with van der Waals surface area (Å²) >= 11 is 0. The summed E-state index contributed by atoms with van der Waals surface area (Å²) in [5, 5.41) is 19.3. The SMILES string of the molecule is CCC[C@@H](CO)CC(=O)c1cnc(Oc2ccc3c(c2C)B(O)OC3)cn1. The van der Waals surface area contributed by atoms with Gasteiger partial charge in [-0.1, -0.05) is 19.4 Å². The van der Waals surface area contributed by atoms with Crippen LogP contribution in [-0.2, 0) is 11.3 Å². The van der Waals surface area contributed by atoms with E-state index in [1.165, 1.54) is 12.4 Å². The van der Waals surface area contributed by atoms with Gasteiger partial charge >= 0.3 is 7.12 Å². The first-order valence-corrected chi connectivity index (χ1v) is 9.09. The van der Waals surface area contributed by atoms with E-state index in [9.17, 15) is 14.9 Å². The number of ketones is 1. The minimum Gasteiger partial charge on any atom is -0.437 e. The fourth-order valence-corrected chi connectivity index (χ4v) is 3.26. The van der Waals surface area contributed by atoms with Crippen LogP contribution < -0.4 is 10.2 Å². The molecule has 1 aromatic carbocycles. The third-order valence-corrected chi connectivity index (χ3v) is 4.76. The quantitative estimate of drug-likeness (QED) is 0.539. The van der Waals surface area contributed by atoms with Crippen molar-refractivity contribution in [1.29, 1.82) is 0 Å². The van der Waals surface area contributed by atoms with E-state index in [-0.39, 0.29) is 36.3 Å². The second-order valence-electron chi connectivity index (χ2n) is 6.73. The van der Waals surface area contributed by atoms with Gasteiger partial charge in [0, 0.05) is 13.0 Å². The summed E-state index contributed by atoms with van der Waals surface area (Å²) < 4.78 is 11.0. The van der Waals surface area contributed by atoms with Gasteiger partial charge in [0.15, 0.2) is 5.78 Å². The lowest BCUT2D eigenvalue weighted by Gasteiger charge is -2.12. The Hall–Kier alpha value is -2.29. The third-order valence-electron chi connectivity index (χ3n) is 4.76. The minimum atomic E-state index is -0.947. The molecule has 0 amide bonds. The number of fused-ring (bicyclic) bond motifs is 1. The van der Waals surface area contributed by atoms with Crippen molar-refractivity contribution < 1.29 is 24.3 Å². The van der Waals surface area contributed by atoms with E-state index in [0.29, 0.717) is 12.4 Å². The average Bonchev–Trinajstić information content (AvgIpc) is 3.05. The maximum atomic E-state index is 12.3. The zero-order valence-electron chi connectivity index (χ0n) is 15.5. The molecule has 3 rings (SSSR count). The maximum absolute atomic E-state index is 12.3. The molecule has 0 saturated carbocycles.